The second kappa shape index (κ2) is 1.83. The van der Waals surface area contributed by atoms with Gasteiger partial charge in [0.1, 0.15) is 5.92 Å². The molecule has 0 saturated carbocycles. The molecule has 1 aliphatic rings. The van der Waals surface area contributed by atoms with Gasteiger partial charge in [-0.2, -0.15) is 0 Å². The quantitative estimate of drug-likeness (QED) is 0.344. The molecule has 1 aliphatic heterocycles. The van der Waals surface area contributed by atoms with Crippen molar-refractivity contribution in [1.29, 1.82) is 0 Å². The Morgan fingerprint density at radius 1 is 1.33 bits per heavy atom. The Balaban J connectivity index is 2.77. The number of esters is 1. The van der Waals surface area contributed by atoms with E-state index in [1.165, 1.54) is 0 Å². The van der Waals surface area contributed by atoms with Crippen molar-refractivity contribution in [1.82, 2.24) is 0 Å². The molecule has 0 aromatic rings. The van der Waals surface area contributed by atoms with Crippen molar-refractivity contribution in [3.63, 3.8) is 0 Å². The zero-order valence-electron chi connectivity index (χ0n) is 5.38. The molecule has 2 atom stereocenters. The SMILES string of the molecule is C[C@@H]1C(=O)O[C@H](C)C1=O. The molecule has 3 nitrogen and oxygen atoms in total. The van der Waals surface area contributed by atoms with Gasteiger partial charge >= 0.3 is 5.97 Å². The lowest BCUT2D eigenvalue weighted by molar-refractivity contribution is -0.143. The third kappa shape index (κ3) is 0.823. The van der Waals surface area contributed by atoms with Gasteiger partial charge in [0.25, 0.3) is 0 Å². The predicted molar refractivity (Wildman–Crippen MR) is 29.7 cm³/mol. The fourth-order valence-electron chi connectivity index (χ4n) is 0.803. The molecule has 50 valence electrons. The van der Waals surface area contributed by atoms with E-state index in [0.29, 0.717) is 0 Å². The minimum Gasteiger partial charge on any atom is -0.454 e. The zero-order chi connectivity index (χ0) is 7.02. The van der Waals surface area contributed by atoms with Crippen LogP contribution in [0.25, 0.3) is 0 Å². The standard InChI is InChI=1S/C6H8O3/c1-3-5(7)4(2)9-6(3)8/h3-4H,1-2H3/t3-,4+/m0/s1. The molecule has 1 heterocycles. The minimum atomic E-state index is -0.542. The van der Waals surface area contributed by atoms with Crippen molar-refractivity contribution in [3.8, 4) is 0 Å². The summed E-state index contributed by atoms with van der Waals surface area (Å²) in [6, 6.07) is 0. The van der Waals surface area contributed by atoms with E-state index in [-0.39, 0.29) is 5.78 Å². The van der Waals surface area contributed by atoms with Crippen LogP contribution in [0.3, 0.4) is 0 Å². The first-order chi connectivity index (χ1) is 4.13. The second-order valence-electron chi connectivity index (χ2n) is 2.20. The summed E-state index contributed by atoms with van der Waals surface area (Å²) in [5, 5.41) is 0. The van der Waals surface area contributed by atoms with Crippen molar-refractivity contribution in [2.45, 2.75) is 20.0 Å². The van der Waals surface area contributed by atoms with Crippen LogP contribution < -0.4 is 0 Å². The highest BCUT2D eigenvalue weighted by molar-refractivity contribution is 6.05. The van der Waals surface area contributed by atoms with Gasteiger partial charge in [0.15, 0.2) is 11.9 Å². The maximum absolute atomic E-state index is 10.8. The Morgan fingerprint density at radius 3 is 2.00 bits per heavy atom. The fourth-order valence-corrected chi connectivity index (χ4v) is 0.803. The highest BCUT2D eigenvalue weighted by Crippen LogP contribution is 2.15. The molecule has 1 fully saturated rings. The number of rotatable bonds is 0. The predicted octanol–water partition coefficient (Wildman–Crippen LogP) is 0.137. The van der Waals surface area contributed by atoms with Crippen molar-refractivity contribution in [3.05, 3.63) is 0 Å². The van der Waals surface area contributed by atoms with Crippen LogP contribution in [0.5, 0.6) is 0 Å². The van der Waals surface area contributed by atoms with E-state index < -0.39 is 18.0 Å². The van der Waals surface area contributed by atoms with Gasteiger partial charge in [0.2, 0.25) is 0 Å². The maximum Gasteiger partial charge on any atom is 0.317 e. The Kier molecular flexibility index (Phi) is 1.27. The van der Waals surface area contributed by atoms with Crippen molar-refractivity contribution < 1.29 is 14.3 Å². The number of Topliss-reactive ketones (excluding diaryl/α,β-unsaturated/α-hetero) is 1. The van der Waals surface area contributed by atoms with Crippen LogP contribution in [-0.4, -0.2) is 17.9 Å². The average molecular weight is 128 g/mol. The fraction of sp³-hybridized carbons (Fsp3) is 0.667. The topological polar surface area (TPSA) is 43.4 Å². The molecule has 0 unspecified atom stereocenters. The molecule has 0 spiro atoms. The summed E-state index contributed by atoms with van der Waals surface area (Å²) in [6.07, 6.45) is -0.521. The lowest BCUT2D eigenvalue weighted by Gasteiger charge is -1.94. The lowest BCUT2D eigenvalue weighted by Crippen LogP contribution is -2.14. The normalized spacial score (nSPS) is 34.9. The van der Waals surface area contributed by atoms with E-state index >= 15 is 0 Å². The molecule has 0 aliphatic carbocycles. The molecule has 0 bridgehead atoms. The molecule has 0 aromatic carbocycles. The summed E-state index contributed by atoms with van der Waals surface area (Å²) < 4.78 is 4.60. The highest BCUT2D eigenvalue weighted by Gasteiger charge is 2.36. The molecule has 0 radical (unpaired) electrons. The Labute approximate surface area is 53.0 Å². The zero-order valence-corrected chi connectivity index (χ0v) is 5.38. The number of cyclic esters (lactones) is 1. The summed E-state index contributed by atoms with van der Waals surface area (Å²) in [4.78, 5) is 21.3. The maximum atomic E-state index is 10.8. The molecule has 9 heavy (non-hydrogen) atoms. The molecule has 0 N–H and O–H groups in total. The van der Waals surface area contributed by atoms with Crippen LogP contribution in [0.2, 0.25) is 0 Å². The Morgan fingerprint density at radius 2 is 1.89 bits per heavy atom. The number of carbonyl (C=O) groups is 2. The first-order valence-corrected chi connectivity index (χ1v) is 2.87. The molecule has 1 rings (SSSR count). The van der Waals surface area contributed by atoms with Gasteiger partial charge in [0.05, 0.1) is 0 Å². The first kappa shape index (κ1) is 6.26. The van der Waals surface area contributed by atoms with E-state index in [1.54, 1.807) is 13.8 Å². The van der Waals surface area contributed by atoms with E-state index in [1.807, 2.05) is 0 Å². The number of ketones is 1. The summed E-state index contributed by atoms with van der Waals surface area (Å²) >= 11 is 0. The van der Waals surface area contributed by atoms with Crippen LogP contribution in [0.1, 0.15) is 13.8 Å². The minimum absolute atomic E-state index is 0.111. The number of hydrogen-bond acceptors (Lipinski definition) is 3. The van der Waals surface area contributed by atoms with E-state index in [9.17, 15) is 9.59 Å². The van der Waals surface area contributed by atoms with Crippen LogP contribution in [0.15, 0.2) is 0 Å². The van der Waals surface area contributed by atoms with Gasteiger partial charge in [-0.15, -0.1) is 0 Å². The van der Waals surface area contributed by atoms with Crippen molar-refractivity contribution >= 4 is 11.8 Å². The van der Waals surface area contributed by atoms with Crippen molar-refractivity contribution in [2.75, 3.05) is 0 Å². The van der Waals surface area contributed by atoms with Gasteiger partial charge < -0.3 is 4.74 Å². The van der Waals surface area contributed by atoms with Gasteiger partial charge in [-0.05, 0) is 13.8 Å². The molecule has 1 saturated heterocycles. The largest absolute Gasteiger partial charge is 0.454 e. The third-order valence-corrected chi connectivity index (χ3v) is 1.47. The summed E-state index contributed by atoms with van der Waals surface area (Å²) in [5.41, 5.74) is 0. The van der Waals surface area contributed by atoms with Gasteiger partial charge in [-0.1, -0.05) is 0 Å². The first-order valence-electron chi connectivity index (χ1n) is 2.87. The van der Waals surface area contributed by atoms with Crippen LogP contribution in [-0.2, 0) is 14.3 Å². The molecular weight excluding hydrogens is 120 g/mol. The van der Waals surface area contributed by atoms with Crippen LogP contribution in [0.4, 0.5) is 0 Å². The number of ether oxygens (including phenoxy) is 1. The lowest BCUT2D eigenvalue weighted by atomic mass is 10.1. The van der Waals surface area contributed by atoms with E-state index in [4.69, 9.17) is 0 Å². The van der Waals surface area contributed by atoms with E-state index in [0.717, 1.165) is 0 Å². The van der Waals surface area contributed by atoms with Crippen LogP contribution in [0, 0.1) is 5.92 Å². The smallest absolute Gasteiger partial charge is 0.317 e. The van der Waals surface area contributed by atoms with Crippen molar-refractivity contribution in [2.24, 2.45) is 5.92 Å². The molecule has 0 amide bonds. The third-order valence-electron chi connectivity index (χ3n) is 1.47. The Bertz CT molecular complexity index is 162. The molecule has 3 heteroatoms. The average Bonchev–Trinajstić information content (AvgIpc) is 1.98. The van der Waals surface area contributed by atoms with Gasteiger partial charge in [0, 0.05) is 0 Å². The Hall–Kier alpha value is -0.860. The second-order valence-corrected chi connectivity index (χ2v) is 2.20. The number of carbonyl (C=O) groups excluding carboxylic acids is 2. The monoisotopic (exact) mass is 128 g/mol. The van der Waals surface area contributed by atoms with Crippen LogP contribution >= 0.6 is 0 Å². The summed E-state index contributed by atoms with van der Waals surface area (Å²) in [7, 11) is 0. The highest BCUT2D eigenvalue weighted by atomic mass is 16.6. The van der Waals surface area contributed by atoms with Gasteiger partial charge in [-0.3, -0.25) is 9.59 Å². The summed E-state index contributed by atoms with van der Waals surface area (Å²) in [5.74, 6) is -1.05. The summed E-state index contributed by atoms with van der Waals surface area (Å²) in [6.45, 7) is 3.15. The van der Waals surface area contributed by atoms with E-state index in [2.05, 4.69) is 4.74 Å². The van der Waals surface area contributed by atoms with Gasteiger partial charge in [-0.25, -0.2) is 0 Å². The molecule has 0 aromatic heterocycles. The molecular formula is C6H8O3. The number of hydrogen-bond donors (Lipinski definition) is 0.